The molecule has 1 saturated heterocycles. The van der Waals surface area contributed by atoms with Crippen LogP contribution in [-0.2, 0) is 6.42 Å². The number of aromatic nitrogens is 2. The fraction of sp³-hybridized carbons (Fsp3) is 0.471. The Hall–Kier alpha value is -2.15. The molecule has 0 bridgehead atoms. The van der Waals surface area contributed by atoms with Crippen molar-refractivity contribution in [1.29, 1.82) is 0 Å². The summed E-state index contributed by atoms with van der Waals surface area (Å²) in [5, 5.41) is 4.64. The van der Waals surface area contributed by atoms with Crippen molar-refractivity contribution in [3.05, 3.63) is 40.5 Å². The van der Waals surface area contributed by atoms with Crippen LogP contribution in [0.4, 0.5) is 5.82 Å². The fourth-order valence-electron chi connectivity index (χ4n) is 2.82. The minimum absolute atomic E-state index is 0.861. The Labute approximate surface area is 147 Å². The number of pyridine rings is 1. The summed E-state index contributed by atoms with van der Waals surface area (Å²) in [6.07, 6.45) is 4.72. The maximum absolute atomic E-state index is 4.43. The number of aryl methyl sites for hydroxylation is 1. The van der Waals surface area contributed by atoms with E-state index in [0.717, 1.165) is 50.9 Å². The molecule has 1 aliphatic heterocycles. The van der Waals surface area contributed by atoms with E-state index in [1.54, 1.807) is 11.3 Å². The molecule has 0 aliphatic carbocycles. The van der Waals surface area contributed by atoms with Crippen LogP contribution in [0.3, 0.4) is 0 Å². The molecule has 0 radical (unpaired) electrons. The number of piperazine rings is 1. The van der Waals surface area contributed by atoms with Crippen LogP contribution in [0.2, 0.25) is 0 Å². The van der Waals surface area contributed by atoms with E-state index < -0.39 is 0 Å². The Kier molecular flexibility index (Phi) is 5.63. The smallest absolute Gasteiger partial charge is 0.193 e. The molecule has 0 aromatic carbocycles. The minimum Gasteiger partial charge on any atom is -0.356 e. The second-order valence-electron chi connectivity index (χ2n) is 5.75. The second kappa shape index (κ2) is 8.10. The number of aliphatic imine (C=N–C) groups is 1. The highest BCUT2D eigenvalue weighted by atomic mass is 32.1. The third-order valence-corrected chi connectivity index (χ3v) is 5.03. The third kappa shape index (κ3) is 4.23. The Bertz CT molecular complexity index is 661. The van der Waals surface area contributed by atoms with Gasteiger partial charge in [-0.05, 0) is 19.1 Å². The summed E-state index contributed by atoms with van der Waals surface area (Å²) in [7, 11) is 1.85. The Morgan fingerprint density at radius 3 is 2.71 bits per heavy atom. The van der Waals surface area contributed by atoms with Gasteiger partial charge in [0.25, 0.3) is 0 Å². The SMILES string of the molecule is CN=C(NCCc1ncc(C)s1)N1CCN(c2ccccn2)CC1. The molecular weight excluding hydrogens is 320 g/mol. The number of thiazole rings is 1. The molecule has 128 valence electrons. The Balaban J connectivity index is 1.47. The molecule has 0 unspecified atom stereocenters. The van der Waals surface area contributed by atoms with Crippen LogP contribution in [-0.4, -0.2) is 60.6 Å². The molecule has 24 heavy (non-hydrogen) atoms. The largest absolute Gasteiger partial charge is 0.356 e. The van der Waals surface area contributed by atoms with Gasteiger partial charge in [-0.1, -0.05) is 6.07 Å². The van der Waals surface area contributed by atoms with Crippen molar-refractivity contribution in [2.75, 3.05) is 44.7 Å². The summed E-state index contributed by atoms with van der Waals surface area (Å²) < 4.78 is 0. The summed E-state index contributed by atoms with van der Waals surface area (Å²) in [4.78, 5) is 19.2. The zero-order valence-corrected chi connectivity index (χ0v) is 15.1. The summed E-state index contributed by atoms with van der Waals surface area (Å²) >= 11 is 1.76. The van der Waals surface area contributed by atoms with Crippen LogP contribution in [0.1, 0.15) is 9.88 Å². The number of nitrogens with one attached hydrogen (secondary N) is 1. The minimum atomic E-state index is 0.861. The molecule has 1 N–H and O–H groups in total. The molecular formula is C17H24N6S. The van der Waals surface area contributed by atoms with Crippen molar-refractivity contribution in [2.24, 2.45) is 4.99 Å². The monoisotopic (exact) mass is 344 g/mol. The molecule has 2 aromatic rings. The first-order valence-corrected chi connectivity index (χ1v) is 9.11. The van der Waals surface area contributed by atoms with Crippen molar-refractivity contribution in [1.82, 2.24) is 20.2 Å². The van der Waals surface area contributed by atoms with Crippen LogP contribution >= 0.6 is 11.3 Å². The van der Waals surface area contributed by atoms with E-state index in [1.165, 1.54) is 9.88 Å². The van der Waals surface area contributed by atoms with Gasteiger partial charge in [-0.2, -0.15) is 0 Å². The van der Waals surface area contributed by atoms with Crippen molar-refractivity contribution in [3.63, 3.8) is 0 Å². The standard InChI is InChI=1S/C17H24N6S/c1-14-13-21-16(24-14)6-8-20-17(18-2)23-11-9-22(10-12-23)15-5-3-4-7-19-15/h3-5,7,13H,6,8-12H2,1-2H3,(H,18,20). The van der Waals surface area contributed by atoms with Gasteiger partial charge in [0.05, 0.1) is 5.01 Å². The summed E-state index contributed by atoms with van der Waals surface area (Å²) in [6.45, 7) is 6.78. The number of guanidine groups is 1. The van der Waals surface area contributed by atoms with Gasteiger partial charge in [0.15, 0.2) is 5.96 Å². The van der Waals surface area contributed by atoms with Crippen LogP contribution in [0, 0.1) is 6.92 Å². The van der Waals surface area contributed by atoms with E-state index in [1.807, 2.05) is 31.6 Å². The van der Waals surface area contributed by atoms with E-state index in [0.29, 0.717) is 0 Å². The molecule has 0 amide bonds. The quantitative estimate of drug-likeness (QED) is 0.677. The summed E-state index contributed by atoms with van der Waals surface area (Å²) in [6, 6.07) is 6.06. The number of hydrogen-bond donors (Lipinski definition) is 1. The average molecular weight is 344 g/mol. The lowest BCUT2D eigenvalue weighted by atomic mass is 10.3. The van der Waals surface area contributed by atoms with Gasteiger partial charge in [-0.25, -0.2) is 9.97 Å². The summed E-state index contributed by atoms with van der Waals surface area (Å²) in [5.41, 5.74) is 0. The van der Waals surface area contributed by atoms with E-state index in [2.05, 4.69) is 43.1 Å². The van der Waals surface area contributed by atoms with Crippen molar-refractivity contribution in [2.45, 2.75) is 13.3 Å². The Morgan fingerprint density at radius 2 is 2.08 bits per heavy atom. The van der Waals surface area contributed by atoms with Crippen molar-refractivity contribution < 1.29 is 0 Å². The highest BCUT2D eigenvalue weighted by Gasteiger charge is 2.20. The maximum atomic E-state index is 4.43. The fourth-order valence-corrected chi connectivity index (χ4v) is 3.61. The van der Waals surface area contributed by atoms with E-state index in [-0.39, 0.29) is 0 Å². The number of anilines is 1. The Morgan fingerprint density at radius 1 is 1.25 bits per heavy atom. The maximum Gasteiger partial charge on any atom is 0.193 e. The molecule has 1 aliphatic rings. The van der Waals surface area contributed by atoms with Crippen molar-refractivity contribution in [3.8, 4) is 0 Å². The molecule has 3 rings (SSSR count). The van der Waals surface area contributed by atoms with Crippen LogP contribution < -0.4 is 10.2 Å². The molecule has 7 heteroatoms. The molecule has 2 aromatic heterocycles. The van der Waals surface area contributed by atoms with Gasteiger partial charge in [0, 0.05) is 63.5 Å². The zero-order valence-electron chi connectivity index (χ0n) is 14.3. The van der Waals surface area contributed by atoms with Gasteiger partial charge in [0.2, 0.25) is 0 Å². The van der Waals surface area contributed by atoms with Gasteiger partial charge < -0.3 is 15.1 Å². The average Bonchev–Trinajstić information content (AvgIpc) is 3.05. The van der Waals surface area contributed by atoms with E-state index in [4.69, 9.17) is 0 Å². The predicted octanol–water partition coefficient (Wildman–Crippen LogP) is 1.79. The lowest BCUT2D eigenvalue weighted by Gasteiger charge is -2.37. The topological polar surface area (TPSA) is 56.7 Å². The molecule has 0 saturated carbocycles. The second-order valence-corrected chi connectivity index (χ2v) is 7.07. The molecule has 0 atom stereocenters. The van der Waals surface area contributed by atoms with Gasteiger partial charge in [-0.15, -0.1) is 11.3 Å². The van der Waals surface area contributed by atoms with Crippen LogP contribution in [0.5, 0.6) is 0 Å². The van der Waals surface area contributed by atoms with E-state index in [9.17, 15) is 0 Å². The summed E-state index contributed by atoms with van der Waals surface area (Å²) in [5.74, 6) is 2.03. The zero-order chi connectivity index (χ0) is 16.8. The molecule has 6 nitrogen and oxygen atoms in total. The molecule has 3 heterocycles. The van der Waals surface area contributed by atoms with Crippen molar-refractivity contribution >= 4 is 23.1 Å². The highest BCUT2D eigenvalue weighted by molar-refractivity contribution is 7.11. The van der Waals surface area contributed by atoms with Crippen LogP contribution in [0.25, 0.3) is 0 Å². The first kappa shape index (κ1) is 16.7. The number of hydrogen-bond acceptors (Lipinski definition) is 5. The lowest BCUT2D eigenvalue weighted by Crippen LogP contribution is -2.53. The predicted molar refractivity (Wildman–Crippen MR) is 99.9 cm³/mol. The number of rotatable bonds is 4. The molecule has 0 spiro atoms. The van der Waals surface area contributed by atoms with Gasteiger partial charge in [0.1, 0.15) is 5.82 Å². The first-order chi connectivity index (χ1) is 11.8. The van der Waals surface area contributed by atoms with Gasteiger partial charge in [-0.3, -0.25) is 4.99 Å². The first-order valence-electron chi connectivity index (χ1n) is 8.29. The van der Waals surface area contributed by atoms with Crippen LogP contribution in [0.15, 0.2) is 35.6 Å². The lowest BCUT2D eigenvalue weighted by molar-refractivity contribution is 0.372. The van der Waals surface area contributed by atoms with E-state index >= 15 is 0 Å². The third-order valence-electron chi connectivity index (χ3n) is 4.06. The van der Waals surface area contributed by atoms with Gasteiger partial charge >= 0.3 is 0 Å². The highest BCUT2D eigenvalue weighted by Crippen LogP contribution is 2.13. The molecule has 1 fully saturated rings. The normalized spacial score (nSPS) is 15.7. The number of nitrogens with zero attached hydrogens (tertiary/aromatic N) is 5.